The largest absolute Gasteiger partial charge is 0.381 e. The van der Waals surface area contributed by atoms with Gasteiger partial charge in [0.15, 0.2) is 10.8 Å². The van der Waals surface area contributed by atoms with E-state index in [9.17, 15) is 8.42 Å². The van der Waals surface area contributed by atoms with Crippen LogP contribution in [-0.4, -0.2) is 29.3 Å². The number of benzene rings is 1. The number of hydrogen-bond acceptors (Lipinski definition) is 5. The lowest BCUT2D eigenvalue weighted by Crippen LogP contribution is -2.28. The van der Waals surface area contributed by atoms with Crippen LogP contribution in [0.5, 0.6) is 0 Å². The minimum Gasteiger partial charge on any atom is -0.381 e. The number of imidazole rings is 1. The van der Waals surface area contributed by atoms with Crippen molar-refractivity contribution in [3.05, 3.63) is 41.7 Å². The van der Waals surface area contributed by atoms with Crippen molar-refractivity contribution in [3.8, 4) is 6.07 Å². The summed E-state index contributed by atoms with van der Waals surface area (Å²) in [6.07, 6.45) is 1.36. The average molecular weight is 305 g/mol. The van der Waals surface area contributed by atoms with E-state index in [2.05, 4.69) is 4.98 Å². The molecule has 0 saturated heterocycles. The Balaban J connectivity index is 2.27. The van der Waals surface area contributed by atoms with E-state index in [1.54, 1.807) is 31.3 Å². The molecule has 2 N–H and O–H groups in total. The van der Waals surface area contributed by atoms with Crippen molar-refractivity contribution in [2.45, 2.75) is 11.6 Å². The van der Waals surface area contributed by atoms with Gasteiger partial charge in [0.1, 0.15) is 0 Å². The molecule has 0 fully saturated rings. The summed E-state index contributed by atoms with van der Waals surface area (Å²) in [7, 11) is -0.680. The molecular formula is C13H15N5O2S. The topological polar surface area (TPSA) is 105 Å². The lowest BCUT2D eigenvalue weighted by molar-refractivity contribution is 0.461. The number of rotatable bonds is 4. The molecule has 8 heteroatoms. The first-order valence-corrected chi connectivity index (χ1v) is 7.52. The smallest absolute Gasteiger partial charge is 0.262 e. The van der Waals surface area contributed by atoms with Gasteiger partial charge in [0.05, 0.1) is 18.0 Å². The van der Waals surface area contributed by atoms with Crippen molar-refractivity contribution in [3.63, 3.8) is 0 Å². The summed E-state index contributed by atoms with van der Waals surface area (Å²) in [6, 6.07) is 8.75. The maximum atomic E-state index is 12.5. The molecule has 1 aromatic heterocycles. The molecule has 2 aromatic rings. The third kappa shape index (κ3) is 2.89. The highest BCUT2D eigenvalue weighted by Crippen LogP contribution is 2.21. The highest BCUT2D eigenvalue weighted by molar-refractivity contribution is 7.89. The third-order valence-corrected chi connectivity index (χ3v) is 4.99. The molecule has 21 heavy (non-hydrogen) atoms. The van der Waals surface area contributed by atoms with E-state index >= 15 is 0 Å². The second-order valence-electron chi connectivity index (χ2n) is 4.62. The summed E-state index contributed by atoms with van der Waals surface area (Å²) < 4.78 is 27.6. The van der Waals surface area contributed by atoms with Gasteiger partial charge in [-0.3, -0.25) is 0 Å². The highest BCUT2D eigenvalue weighted by atomic mass is 32.2. The zero-order valence-corrected chi connectivity index (χ0v) is 12.5. The third-order valence-electron chi connectivity index (χ3n) is 3.05. The predicted octanol–water partition coefficient (Wildman–Crippen LogP) is 0.695. The van der Waals surface area contributed by atoms with Crippen LogP contribution in [0, 0.1) is 11.3 Å². The molecule has 0 aliphatic heterocycles. The van der Waals surface area contributed by atoms with E-state index in [1.165, 1.54) is 22.2 Å². The molecule has 0 radical (unpaired) electrons. The zero-order chi connectivity index (χ0) is 15.6. The van der Waals surface area contributed by atoms with Crippen LogP contribution in [0.4, 0.5) is 5.82 Å². The number of aromatic nitrogens is 2. The molecule has 110 valence electrons. The number of sulfonamides is 1. The second kappa shape index (κ2) is 5.55. The molecule has 0 aliphatic rings. The normalized spacial score (nSPS) is 11.5. The SMILES string of the molecule is CN(Cc1ccc(C#N)cc1)S(=O)(=O)c1c(N)ncn1C. The van der Waals surface area contributed by atoms with Gasteiger partial charge < -0.3 is 10.3 Å². The number of nitrogens with zero attached hydrogens (tertiary/aromatic N) is 4. The molecule has 7 nitrogen and oxygen atoms in total. The summed E-state index contributed by atoms with van der Waals surface area (Å²) in [6.45, 7) is 0.179. The van der Waals surface area contributed by atoms with E-state index in [1.807, 2.05) is 6.07 Å². The molecule has 1 aromatic carbocycles. The van der Waals surface area contributed by atoms with Crippen LogP contribution < -0.4 is 5.73 Å². The highest BCUT2D eigenvalue weighted by Gasteiger charge is 2.27. The summed E-state index contributed by atoms with van der Waals surface area (Å²) >= 11 is 0. The Kier molecular flexibility index (Phi) is 3.97. The van der Waals surface area contributed by atoms with E-state index in [4.69, 9.17) is 11.0 Å². The zero-order valence-electron chi connectivity index (χ0n) is 11.7. The van der Waals surface area contributed by atoms with Crippen LogP contribution in [0.2, 0.25) is 0 Å². The Morgan fingerprint density at radius 3 is 2.48 bits per heavy atom. The number of hydrogen-bond donors (Lipinski definition) is 1. The van der Waals surface area contributed by atoms with E-state index in [0.29, 0.717) is 5.56 Å². The average Bonchev–Trinajstić information content (AvgIpc) is 2.79. The van der Waals surface area contributed by atoms with Gasteiger partial charge in [-0.15, -0.1) is 0 Å². The van der Waals surface area contributed by atoms with Crippen LogP contribution in [0.3, 0.4) is 0 Å². The maximum Gasteiger partial charge on any atom is 0.262 e. The van der Waals surface area contributed by atoms with Gasteiger partial charge in [-0.2, -0.15) is 9.57 Å². The molecule has 0 spiro atoms. The first-order valence-electron chi connectivity index (χ1n) is 6.08. The Morgan fingerprint density at radius 1 is 1.38 bits per heavy atom. The van der Waals surface area contributed by atoms with Gasteiger partial charge in [-0.25, -0.2) is 13.4 Å². The van der Waals surface area contributed by atoms with Crippen molar-refractivity contribution < 1.29 is 8.42 Å². The Hall–Kier alpha value is -2.37. The fraction of sp³-hybridized carbons (Fsp3) is 0.231. The van der Waals surface area contributed by atoms with Gasteiger partial charge in [-0.1, -0.05) is 12.1 Å². The Labute approximate surface area is 123 Å². The monoisotopic (exact) mass is 305 g/mol. The minimum atomic E-state index is -3.73. The van der Waals surface area contributed by atoms with Crippen LogP contribution in [0.15, 0.2) is 35.6 Å². The number of nitriles is 1. The number of nitrogen functional groups attached to an aromatic ring is 1. The number of anilines is 1. The van der Waals surface area contributed by atoms with Gasteiger partial charge >= 0.3 is 0 Å². The maximum absolute atomic E-state index is 12.5. The van der Waals surface area contributed by atoms with Crippen molar-refractivity contribution in [2.24, 2.45) is 7.05 Å². The van der Waals surface area contributed by atoms with Crippen LogP contribution in [0.1, 0.15) is 11.1 Å². The molecule has 0 aliphatic carbocycles. The van der Waals surface area contributed by atoms with Gasteiger partial charge in [0, 0.05) is 20.6 Å². The van der Waals surface area contributed by atoms with Gasteiger partial charge in [-0.05, 0) is 17.7 Å². The second-order valence-corrected chi connectivity index (χ2v) is 6.58. The lowest BCUT2D eigenvalue weighted by atomic mass is 10.1. The number of aryl methyl sites for hydroxylation is 1. The standard InChI is InChI=1S/C13H15N5O2S/c1-17-9-16-12(15)13(17)21(19,20)18(2)8-11-5-3-10(7-14)4-6-11/h3-6,9H,8,15H2,1-2H3. The molecule has 2 rings (SSSR count). The van der Waals surface area contributed by atoms with Crippen LogP contribution in [-0.2, 0) is 23.6 Å². The lowest BCUT2D eigenvalue weighted by Gasteiger charge is -2.17. The first-order chi connectivity index (χ1) is 9.86. The Morgan fingerprint density at radius 2 is 2.00 bits per heavy atom. The van der Waals surface area contributed by atoms with Crippen molar-refractivity contribution in [2.75, 3.05) is 12.8 Å². The molecule has 0 bridgehead atoms. The van der Waals surface area contributed by atoms with Crippen molar-refractivity contribution >= 4 is 15.8 Å². The quantitative estimate of drug-likeness (QED) is 0.895. The van der Waals surface area contributed by atoms with Gasteiger partial charge in [0.2, 0.25) is 0 Å². The molecule has 0 atom stereocenters. The van der Waals surface area contributed by atoms with Gasteiger partial charge in [0.25, 0.3) is 10.0 Å². The summed E-state index contributed by atoms with van der Waals surface area (Å²) in [5.74, 6) is -0.0239. The Bertz CT molecular complexity index is 767. The minimum absolute atomic E-state index is 0.0239. The summed E-state index contributed by atoms with van der Waals surface area (Å²) in [5.41, 5.74) is 6.93. The van der Waals surface area contributed by atoms with Crippen molar-refractivity contribution in [1.82, 2.24) is 13.9 Å². The fourth-order valence-electron chi connectivity index (χ4n) is 1.93. The number of nitrogens with two attached hydrogens (primary N) is 1. The summed E-state index contributed by atoms with van der Waals surface area (Å²) in [5, 5.41) is 8.72. The van der Waals surface area contributed by atoms with Crippen LogP contribution >= 0.6 is 0 Å². The molecular weight excluding hydrogens is 290 g/mol. The summed E-state index contributed by atoms with van der Waals surface area (Å²) in [4.78, 5) is 3.79. The molecule has 1 heterocycles. The molecule has 0 unspecified atom stereocenters. The predicted molar refractivity (Wildman–Crippen MR) is 77.4 cm³/mol. The van der Waals surface area contributed by atoms with Crippen molar-refractivity contribution in [1.29, 1.82) is 5.26 Å². The van der Waals surface area contributed by atoms with Crippen LogP contribution in [0.25, 0.3) is 0 Å². The van der Waals surface area contributed by atoms with E-state index in [-0.39, 0.29) is 17.4 Å². The van der Waals surface area contributed by atoms with E-state index < -0.39 is 10.0 Å². The molecule has 0 amide bonds. The fourth-order valence-corrected chi connectivity index (χ4v) is 3.27. The van der Waals surface area contributed by atoms with E-state index in [0.717, 1.165) is 5.56 Å². The first kappa shape index (κ1) is 15.0. The molecule has 0 saturated carbocycles.